The standard InChI is InChI=1S/C17H32O2/c1-4-5-13-16(2)14-11-9-7-6-8-10-12-15-19-17(3)18/h11,14,16H,4-10,12-13,15H2,1-3H3/b14-11+. The highest BCUT2D eigenvalue weighted by Crippen LogP contribution is 2.11. The van der Waals surface area contributed by atoms with Gasteiger partial charge in [-0.25, -0.2) is 0 Å². The average molecular weight is 268 g/mol. The number of allylic oxidation sites excluding steroid dienone is 2. The van der Waals surface area contributed by atoms with Crippen LogP contribution in [0.4, 0.5) is 0 Å². The van der Waals surface area contributed by atoms with Crippen LogP contribution < -0.4 is 0 Å². The van der Waals surface area contributed by atoms with Gasteiger partial charge in [0.2, 0.25) is 0 Å². The van der Waals surface area contributed by atoms with Crippen LogP contribution in [0, 0.1) is 5.92 Å². The van der Waals surface area contributed by atoms with Crippen molar-refractivity contribution in [2.75, 3.05) is 6.61 Å². The van der Waals surface area contributed by atoms with E-state index in [1.165, 1.54) is 58.3 Å². The van der Waals surface area contributed by atoms with Gasteiger partial charge in [-0.05, 0) is 31.6 Å². The van der Waals surface area contributed by atoms with Crippen molar-refractivity contribution < 1.29 is 9.53 Å². The van der Waals surface area contributed by atoms with Gasteiger partial charge in [-0.2, -0.15) is 0 Å². The Labute approximate surface area is 119 Å². The summed E-state index contributed by atoms with van der Waals surface area (Å²) in [6.45, 7) is 6.61. The normalized spacial score (nSPS) is 12.8. The lowest BCUT2D eigenvalue weighted by Crippen LogP contribution is -1.99. The summed E-state index contributed by atoms with van der Waals surface area (Å²) in [4.78, 5) is 10.5. The summed E-state index contributed by atoms with van der Waals surface area (Å²) >= 11 is 0. The highest BCUT2D eigenvalue weighted by atomic mass is 16.5. The molecule has 2 nitrogen and oxygen atoms in total. The molecular formula is C17H32O2. The molecule has 0 saturated heterocycles. The highest BCUT2D eigenvalue weighted by molar-refractivity contribution is 5.65. The molecule has 112 valence electrons. The van der Waals surface area contributed by atoms with Crippen molar-refractivity contribution in [3.63, 3.8) is 0 Å². The van der Waals surface area contributed by atoms with Crippen LogP contribution in [0.25, 0.3) is 0 Å². The first-order valence-electron chi connectivity index (χ1n) is 7.96. The minimum absolute atomic E-state index is 0.165. The molecule has 0 heterocycles. The fraction of sp³-hybridized carbons (Fsp3) is 0.824. The summed E-state index contributed by atoms with van der Waals surface area (Å²) < 4.78 is 4.90. The molecule has 0 N–H and O–H groups in total. The van der Waals surface area contributed by atoms with Crippen LogP contribution in [-0.4, -0.2) is 12.6 Å². The Kier molecular flexibility index (Phi) is 13.1. The second kappa shape index (κ2) is 13.6. The summed E-state index contributed by atoms with van der Waals surface area (Å²) in [7, 11) is 0. The Morgan fingerprint density at radius 2 is 1.79 bits per heavy atom. The van der Waals surface area contributed by atoms with Crippen molar-refractivity contribution in [1.29, 1.82) is 0 Å². The Morgan fingerprint density at radius 3 is 2.47 bits per heavy atom. The molecule has 0 amide bonds. The first-order chi connectivity index (χ1) is 9.16. The van der Waals surface area contributed by atoms with Gasteiger partial charge in [-0.15, -0.1) is 0 Å². The van der Waals surface area contributed by atoms with Crippen molar-refractivity contribution in [2.24, 2.45) is 5.92 Å². The molecule has 0 aliphatic carbocycles. The van der Waals surface area contributed by atoms with Crippen LogP contribution in [0.15, 0.2) is 12.2 Å². The van der Waals surface area contributed by atoms with Gasteiger partial charge in [0.15, 0.2) is 0 Å². The van der Waals surface area contributed by atoms with Crippen LogP contribution in [0.1, 0.15) is 78.6 Å². The molecule has 1 unspecified atom stereocenters. The Hall–Kier alpha value is -0.790. The van der Waals surface area contributed by atoms with Gasteiger partial charge in [0, 0.05) is 6.92 Å². The van der Waals surface area contributed by atoms with Crippen molar-refractivity contribution in [3.05, 3.63) is 12.2 Å². The van der Waals surface area contributed by atoms with E-state index in [4.69, 9.17) is 4.74 Å². The van der Waals surface area contributed by atoms with Crippen LogP contribution in [-0.2, 0) is 9.53 Å². The van der Waals surface area contributed by atoms with Gasteiger partial charge >= 0.3 is 5.97 Å². The van der Waals surface area contributed by atoms with E-state index in [0.29, 0.717) is 6.61 Å². The van der Waals surface area contributed by atoms with Crippen molar-refractivity contribution in [1.82, 2.24) is 0 Å². The third-order valence-corrected chi connectivity index (χ3v) is 3.30. The Bertz CT molecular complexity index is 233. The van der Waals surface area contributed by atoms with E-state index < -0.39 is 0 Å². The summed E-state index contributed by atoms with van der Waals surface area (Å²) in [5, 5.41) is 0. The first-order valence-corrected chi connectivity index (χ1v) is 7.96. The van der Waals surface area contributed by atoms with Gasteiger partial charge in [0.25, 0.3) is 0 Å². The SMILES string of the molecule is CCCCC(C)/C=C/CCCCCCCOC(C)=O. The molecule has 0 radical (unpaired) electrons. The third-order valence-electron chi connectivity index (χ3n) is 3.30. The van der Waals surface area contributed by atoms with Crippen molar-refractivity contribution in [2.45, 2.75) is 78.6 Å². The molecule has 0 aromatic heterocycles. The fourth-order valence-electron chi connectivity index (χ4n) is 2.06. The predicted octanol–water partition coefficient (Wildman–Crippen LogP) is 5.27. The van der Waals surface area contributed by atoms with Crippen LogP contribution in [0.3, 0.4) is 0 Å². The lowest BCUT2D eigenvalue weighted by Gasteiger charge is -2.04. The largest absolute Gasteiger partial charge is 0.466 e. The number of rotatable bonds is 12. The Morgan fingerprint density at radius 1 is 1.11 bits per heavy atom. The number of unbranched alkanes of at least 4 members (excludes halogenated alkanes) is 6. The van der Waals surface area contributed by atoms with E-state index in [0.717, 1.165) is 12.3 Å². The molecule has 0 fully saturated rings. The fourth-order valence-corrected chi connectivity index (χ4v) is 2.06. The van der Waals surface area contributed by atoms with E-state index in [1.807, 2.05) is 0 Å². The Balaban J connectivity index is 3.21. The van der Waals surface area contributed by atoms with Crippen LogP contribution in [0.5, 0.6) is 0 Å². The number of hydrogen-bond acceptors (Lipinski definition) is 2. The second-order valence-corrected chi connectivity index (χ2v) is 5.44. The maximum Gasteiger partial charge on any atom is 0.302 e. The van der Waals surface area contributed by atoms with Gasteiger partial charge in [0.05, 0.1) is 6.61 Å². The second-order valence-electron chi connectivity index (χ2n) is 5.44. The summed E-state index contributed by atoms with van der Waals surface area (Å²) in [6.07, 6.45) is 15.9. The van der Waals surface area contributed by atoms with E-state index in [2.05, 4.69) is 26.0 Å². The molecule has 19 heavy (non-hydrogen) atoms. The molecule has 1 atom stereocenters. The summed E-state index contributed by atoms with van der Waals surface area (Å²) in [5.74, 6) is 0.575. The molecule has 0 aromatic carbocycles. The van der Waals surface area contributed by atoms with Gasteiger partial charge in [0.1, 0.15) is 0 Å². The lowest BCUT2D eigenvalue weighted by molar-refractivity contribution is -0.141. The predicted molar refractivity (Wildman–Crippen MR) is 82.2 cm³/mol. The van der Waals surface area contributed by atoms with E-state index >= 15 is 0 Å². The minimum Gasteiger partial charge on any atom is -0.466 e. The number of carbonyl (C=O) groups is 1. The van der Waals surface area contributed by atoms with Gasteiger partial charge in [-0.3, -0.25) is 4.79 Å². The molecule has 2 heteroatoms. The average Bonchev–Trinajstić information content (AvgIpc) is 2.38. The van der Waals surface area contributed by atoms with Crippen LogP contribution >= 0.6 is 0 Å². The molecule has 0 saturated carbocycles. The van der Waals surface area contributed by atoms with Crippen molar-refractivity contribution in [3.8, 4) is 0 Å². The van der Waals surface area contributed by atoms with Crippen LogP contribution in [0.2, 0.25) is 0 Å². The van der Waals surface area contributed by atoms with Gasteiger partial charge in [-0.1, -0.05) is 58.1 Å². The summed E-state index contributed by atoms with van der Waals surface area (Å²) in [5.41, 5.74) is 0. The maximum atomic E-state index is 10.5. The van der Waals surface area contributed by atoms with E-state index in [9.17, 15) is 4.79 Å². The topological polar surface area (TPSA) is 26.3 Å². The van der Waals surface area contributed by atoms with E-state index in [-0.39, 0.29) is 5.97 Å². The number of hydrogen-bond donors (Lipinski definition) is 0. The van der Waals surface area contributed by atoms with Crippen molar-refractivity contribution >= 4 is 5.97 Å². The summed E-state index contributed by atoms with van der Waals surface area (Å²) in [6, 6.07) is 0. The first kappa shape index (κ1) is 18.2. The molecule has 0 rings (SSSR count). The zero-order valence-electron chi connectivity index (χ0n) is 13.1. The monoisotopic (exact) mass is 268 g/mol. The molecule has 0 aliphatic rings. The molecule has 0 bridgehead atoms. The smallest absolute Gasteiger partial charge is 0.302 e. The zero-order chi connectivity index (χ0) is 14.3. The quantitative estimate of drug-likeness (QED) is 0.274. The van der Waals surface area contributed by atoms with E-state index in [1.54, 1.807) is 0 Å². The lowest BCUT2D eigenvalue weighted by atomic mass is 10.0. The maximum absolute atomic E-state index is 10.5. The number of esters is 1. The molecule has 0 spiro atoms. The molecule has 0 aliphatic heterocycles. The minimum atomic E-state index is -0.165. The number of ether oxygens (including phenoxy) is 1. The zero-order valence-corrected chi connectivity index (χ0v) is 13.1. The molecular weight excluding hydrogens is 236 g/mol. The number of carbonyl (C=O) groups excluding carboxylic acids is 1. The molecule has 0 aromatic rings. The van der Waals surface area contributed by atoms with Gasteiger partial charge < -0.3 is 4.74 Å². The highest BCUT2D eigenvalue weighted by Gasteiger charge is 1.95. The third kappa shape index (κ3) is 15.2.